The highest BCUT2D eigenvalue weighted by Gasteiger charge is 2.15. The molecule has 2 rings (SSSR count). The monoisotopic (exact) mass is 239 g/mol. The fraction of sp³-hybridized carbons (Fsp3) is 0.600. The molecule has 2 heteroatoms. The van der Waals surface area contributed by atoms with Gasteiger partial charge in [-0.15, -0.1) is 0 Å². The lowest BCUT2D eigenvalue weighted by atomic mass is 9.86. The number of nitrogens with zero attached hydrogens (tertiary/aromatic N) is 1. The van der Waals surface area contributed by atoms with Crippen LogP contribution in [0.4, 0.5) is 0 Å². The molecule has 17 heavy (non-hydrogen) atoms. The van der Waals surface area contributed by atoms with Gasteiger partial charge in [0.2, 0.25) is 0 Å². The number of rotatable bonds is 2. The van der Waals surface area contributed by atoms with Gasteiger partial charge in [-0.25, -0.2) is 0 Å². The summed E-state index contributed by atoms with van der Waals surface area (Å²) >= 11 is 0. The van der Waals surface area contributed by atoms with Gasteiger partial charge in [0, 0.05) is 22.3 Å². The van der Waals surface area contributed by atoms with Gasteiger partial charge >= 0.3 is 0 Å². The molecular weight excluding hydrogens is 210 g/mol. The lowest BCUT2D eigenvalue weighted by molar-refractivity contribution is 0.0342. The molecule has 0 N–H and O–H groups in total. The molecule has 0 aliphatic carbocycles. The first-order valence-corrected chi connectivity index (χ1v) is 5.93. The second-order valence-electron chi connectivity index (χ2n) is 5.21. The maximum atomic E-state index is 8.46. The Morgan fingerprint density at radius 3 is 2.71 bits per heavy atom. The van der Waals surface area contributed by atoms with Crippen molar-refractivity contribution >= 4 is 0 Å². The molecule has 0 atom stereocenters. The molecule has 94 valence electrons. The van der Waals surface area contributed by atoms with E-state index in [2.05, 4.69) is 0 Å². The highest BCUT2D eigenvalue weighted by molar-refractivity contribution is 5.28. The van der Waals surface area contributed by atoms with Crippen LogP contribution in [0.2, 0.25) is 0 Å². The van der Waals surface area contributed by atoms with Crippen molar-refractivity contribution in [3.05, 3.63) is 35.3 Å². The third kappa shape index (κ3) is 3.55. The van der Waals surface area contributed by atoms with E-state index in [1.165, 1.54) is 4.90 Å². The van der Waals surface area contributed by atoms with Crippen LogP contribution < -0.4 is 0 Å². The molecule has 1 heterocycles. The summed E-state index contributed by atoms with van der Waals surface area (Å²) in [5, 5.41) is 0. The summed E-state index contributed by atoms with van der Waals surface area (Å²) in [6.07, 6.45) is 0. The first-order chi connectivity index (χ1) is 10.5. The van der Waals surface area contributed by atoms with E-state index >= 15 is 0 Å². The smallest absolute Gasteiger partial charge is 0.0629 e. The Bertz CT molecular complexity index is 605. The zero-order valence-electron chi connectivity index (χ0n) is 16.7. The Balaban J connectivity index is 2.69. The van der Waals surface area contributed by atoms with Gasteiger partial charge in [0.25, 0.3) is 0 Å². The molecule has 0 bridgehead atoms. The highest BCUT2D eigenvalue weighted by Crippen LogP contribution is 2.23. The molecule has 2 nitrogen and oxygen atoms in total. The predicted molar refractivity (Wildman–Crippen MR) is 71.2 cm³/mol. The van der Waals surface area contributed by atoms with Crippen LogP contribution in [0.1, 0.15) is 40.1 Å². The number of hydrogen-bond acceptors (Lipinski definition) is 2. The number of benzene rings is 1. The largest absolute Gasteiger partial charge is 0.379 e. The van der Waals surface area contributed by atoms with E-state index in [0.29, 0.717) is 31.9 Å². The molecule has 0 saturated carbocycles. The summed E-state index contributed by atoms with van der Waals surface area (Å²) in [5.41, 5.74) is -0.385. The van der Waals surface area contributed by atoms with Crippen LogP contribution in [0, 0.1) is 0 Å². The molecule has 0 radical (unpaired) electrons. The topological polar surface area (TPSA) is 12.5 Å². The van der Waals surface area contributed by atoms with Crippen LogP contribution in [-0.4, -0.2) is 31.2 Å². The molecule has 1 aromatic rings. The van der Waals surface area contributed by atoms with Gasteiger partial charge in [-0.2, -0.15) is 0 Å². The molecule has 1 aliphatic heterocycles. The zero-order chi connectivity index (χ0) is 17.6. The standard InChI is InChI=1S/C15H23NO/c1-15(2,3)14-6-4-5-13(11-14)12-16-7-9-17-10-8-16/h4-6,11H,7-10,12H2,1-3H3/i4D,5D,6D,11D,12D2. The summed E-state index contributed by atoms with van der Waals surface area (Å²) in [6.45, 7) is 4.98. The van der Waals surface area contributed by atoms with Gasteiger partial charge in [-0.3, -0.25) is 4.90 Å². The summed E-state index contributed by atoms with van der Waals surface area (Å²) in [6, 6.07) is -0.989. The third-order valence-corrected chi connectivity index (χ3v) is 2.66. The van der Waals surface area contributed by atoms with E-state index in [1.54, 1.807) is 0 Å². The van der Waals surface area contributed by atoms with Crippen LogP contribution in [0.15, 0.2) is 24.2 Å². The first-order valence-electron chi connectivity index (χ1n) is 8.93. The third-order valence-electron chi connectivity index (χ3n) is 2.66. The number of hydrogen-bond donors (Lipinski definition) is 0. The van der Waals surface area contributed by atoms with Crippen LogP contribution in [-0.2, 0) is 16.6 Å². The van der Waals surface area contributed by atoms with Gasteiger partial charge in [0.1, 0.15) is 0 Å². The van der Waals surface area contributed by atoms with Crippen molar-refractivity contribution in [2.24, 2.45) is 0 Å². The predicted octanol–water partition coefficient (Wildman–Crippen LogP) is 2.82. The minimum absolute atomic E-state index is 0.120. The molecular formula is C15H23NO. The van der Waals surface area contributed by atoms with Crippen LogP contribution >= 0.6 is 0 Å². The van der Waals surface area contributed by atoms with Crippen molar-refractivity contribution in [2.75, 3.05) is 26.3 Å². The average molecular weight is 239 g/mol. The van der Waals surface area contributed by atoms with Crippen molar-refractivity contribution in [3.8, 4) is 0 Å². The minimum Gasteiger partial charge on any atom is -0.379 e. The van der Waals surface area contributed by atoms with Crippen LogP contribution in [0.25, 0.3) is 0 Å². The summed E-state index contributed by atoms with van der Waals surface area (Å²) in [7, 11) is 0. The second-order valence-corrected chi connectivity index (χ2v) is 5.21. The number of ether oxygens (including phenoxy) is 1. The highest BCUT2D eigenvalue weighted by atomic mass is 16.5. The lowest BCUT2D eigenvalue weighted by Crippen LogP contribution is -2.35. The Morgan fingerprint density at radius 1 is 1.35 bits per heavy atom. The van der Waals surface area contributed by atoms with Gasteiger partial charge < -0.3 is 4.74 Å². The maximum absolute atomic E-state index is 8.46. The van der Waals surface area contributed by atoms with Crippen molar-refractivity contribution in [1.82, 2.24) is 4.90 Å². The Hall–Kier alpha value is -0.860. The fourth-order valence-electron chi connectivity index (χ4n) is 1.61. The van der Waals surface area contributed by atoms with Crippen molar-refractivity contribution in [3.63, 3.8) is 0 Å². The van der Waals surface area contributed by atoms with Crippen LogP contribution in [0.3, 0.4) is 0 Å². The van der Waals surface area contributed by atoms with E-state index in [1.807, 2.05) is 20.8 Å². The quantitative estimate of drug-likeness (QED) is 0.787. The van der Waals surface area contributed by atoms with Crippen LogP contribution in [0.5, 0.6) is 0 Å². The van der Waals surface area contributed by atoms with Gasteiger partial charge in [0.15, 0.2) is 0 Å². The molecule has 0 spiro atoms. The molecule has 1 saturated heterocycles. The summed E-state index contributed by atoms with van der Waals surface area (Å²) < 4.78 is 54.9. The molecule has 0 aromatic heterocycles. The van der Waals surface area contributed by atoms with E-state index in [-0.39, 0.29) is 29.7 Å². The van der Waals surface area contributed by atoms with Gasteiger partial charge in [0.05, 0.1) is 18.7 Å². The van der Waals surface area contributed by atoms with E-state index < -0.39 is 11.9 Å². The normalized spacial score (nSPS) is 24.2. The van der Waals surface area contributed by atoms with E-state index in [0.717, 1.165) is 0 Å². The molecule has 1 aromatic carbocycles. The van der Waals surface area contributed by atoms with Gasteiger partial charge in [-0.05, 0) is 16.5 Å². The fourth-order valence-corrected chi connectivity index (χ4v) is 1.61. The number of morpholine rings is 1. The second kappa shape index (κ2) is 5.19. The van der Waals surface area contributed by atoms with Crippen molar-refractivity contribution in [1.29, 1.82) is 0 Å². The molecule has 1 aliphatic rings. The van der Waals surface area contributed by atoms with Crippen molar-refractivity contribution < 1.29 is 13.0 Å². The molecule has 0 unspecified atom stereocenters. The first kappa shape index (κ1) is 6.91. The van der Waals surface area contributed by atoms with Crippen molar-refractivity contribution in [2.45, 2.75) is 32.7 Å². The zero-order valence-corrected chi connectivity index (χ0v) is 10.7. The van der Waals surface area contributed by atoms with E-state index in [9.17, 15) is 0 Å². The average Bonchev–Trinajstić information content (AvgIpc) is 2.44. The Morgan fingerprint density at radius 2 is 2.06 bits per heavy atom. The SMILES string of the molecule is [2H]c1c([2H])c(C(C)(C)C)c([2H])c(C([2H])([2H])N2CCOCC2)c1[2H]. The minimum atomic E-state index is -2.04. The Kier molecular flexibility index (Phi) is 2.11. The molecule has 1 fully saturated rings. The lowest BCUT2D eigenvalue weighted by Gasteiger charge is -2.27. The molecule has 0 amide bonds. The summed E-state index contributed by atoms with van der Waals surface area (Å²) in [5.74, 6) is 0. The maximum Gasteiger partial charge on any atom is 0.0629 e. The van der Waals surface area contributed by atoms with Gasteiger partial charge in [-0.1, -0.05) is 44.9 Å². The summed E-state index contributed by atoms with van der Waals surface area (Å²) in [4.78, 5) is 1.54. The van der Waals surface area contributed by atoms with E-state index in [4.69, 9.17) is 13.0 Å². The Labute approximate surface area is 113 Å².